The molecule has 3 nitrogen and oxygen atoms in total. The maximum atomic E-state index is 2.72. The molecule has 2 fully saturated rings. The van der Waals surface area contributed by atoms with Gasteiger partial charge < -0.3 is 9.80 Å². The van der Waals surface area contributed by atoms with Gasteiger partial charge in [-0.3, -0.25) is 4.90 Å². The molecule has 0 bridgehead atoms. The summed E-state index contributed by atoms with van der Waals surface area (Å²) in [5, 5.41) is 0. The normalized spacial score (nSPS) is 24.9. The SMILES string of the molecule is CC(C)CN1CCN(CC2CCN(C(C)(C)C)CC2)CC1. The van der Waals surface area contributed by atoms with Crippen molar-refractivity contribution >= 4 is 0 Å². The summed E-state index contributed by atoms with van der Waals surface area (Å²) in [5.41, 5.74) is 0.355. The summed E-state index contributed by atoms with van der Waals surface area (Å²) in [7, 11) is 0. The molecule has 3 heteroatoms. The first-order valence-electron chi connectivity index (χ1n) is 9.04. The Hall–Kier alpha value is -0.120. The van der Waals surface area contributed by atoms with Gasteiger partial charge in [-0.1, -0.05) is 13.8 Å². The Morgan fingerprint density at radius 3 is 1.86 bits per heavy atom. The molecule has 0 unspecified atom stereocenters. The van der Waals surface area contributed by atoms with Crippen molar-refractivity contribution in [3.63, 3.8) is 0 Å². The number of hydrogen-bond acceptors (Lipinski definition) is 3. The smallest absolute Gasteiger partial charge is 0.0125 e. The molecule has 0 atom stereocenters. The van der Waals surface area contributed by atoms with Crippen LogP contribution in [-0.4, -0.2) is 72.6 Å². The molecule has 0 radical (unpaired) electrons. The molecule has 2 rings (SSSR count). The van der Waals surface area contributed by atoms with Crippen LogP contribution in [0.15, 0.2) is 0 Å². The number of piperidine rings is 1. The summed E-state index contributed by atoms with van der Waals surface area (Å²) < 4.78 is 0. The summed E-state index contributed by atoms with van der Waals surface area (Å²) in [6.45, 7) is 22.0. The van der Waals surface area contributed by atoms with Gasteiger partial charge in [-0.05, 0) is 58.5 Å². The highest BCUT2D eigenvalue weighted by Crippen LogP contribution is 2.24. The number of likely N-dealkylation sites (tertiary alicyclic amines) is 1. The second-order valence-corrected chi connectivity index (χ2v) is 8.60. The lowest BCUT2D eigenvalue weighted by molar-refractivity contribution is 0.0597. The summed E-state index contributed by atoms with van der Waals surface area (Å²) in [6.07, 6.45) is 2.78. The van der Waals surface area contributed by atoms with E-state index in [-0.39, 0.29) is 0 Å². The summed E-state index contributed by atoms with van der Waals surface area (Å²) in [4.78, 5) is 8.02. The number of nitrogens with zero attached hydrogens (tertiary/aromatic N) is 3. The average Bonchev–Trinajstić information content (AvgIpc) is 2.40. The molecule has 2 aliphatic heterocycles. The molecule has 2 heterocycles. The minimum atomic E-state index is 0.355. The summed E-state index contributed by atoms with van der Waals surface area (Å²) >= 11 is 0. The van der Waals surface area contributed by atoms with E-state index < -0.39 is 0 Å². The van der Waals surface area contributed by atoms with Gasteiger partial charge in [-0.2, -0.15) is 0 Å². The van der Waals surface area contributed by atoms with E-state index >= 15 is 0 Å². The standard InChI is InChI=1S/C18H37N3/c1-16(2)14-19-10-12-20(13-11-19)15-17-6-8-21(9-7-17)18(3,4)5/h16-17H,6-15H2,1-5H3. The second-order valence-electron chi connectivity index (χ2n) is 8.60. The van der Waals surface area contributed by atoms with Crippen molar-refractivity contribution in [1.29, 1.82) is 0 Å². The van der Waals surface area contributed by atoms with Crippen LogP contribution in [0, 0.1) is 11.8 Å². The van der Waals surface area contributed by atoms with Crippen LogP contribution in [0.2, 0.25) is 0 Å². The fourth-order valence-corrected chi connectivity index (χ4v) is 3.82. The molecule has 0 aliphatic carbocycles. The number of hydrogen-bond donors (Lipinski definition) is 0. The zero-order valence-corrected chi connectivity index (χ0v) is 15.1. The molecule has 0 saturated carbocycles. The first-order chi connectivity index (χ1) is 9.84. The Morgan fingerprint density at radius 2 is 1.38 bits per heavy atom. The lowest BCUT2D eigenvalue weighted by atomic mass is 9.92. The molecule has 21 heavy (non-hydrogen) atoms. The van der Waals surface area contributed by atoms with Gasteiger partial charge in [0.25, 0.3) is 0 Å². The highest BCUT2D eigenvalue weighted by atomic mass is 15.3. The Bertz CT molecular complexity index is 292. The third kappa shape index (κ3) is 5.54. The van der Waals surface area contributed by atoms with E-state index in [0.717, 1.165) is 11.8 Å². The van der Waals surface area contributed by atoms with Crippen molar-refractivity contribution < 1.29 is 0 Å². The predicted octanol–water partition coefficient (Wildman–Crippen LogP) is 2.77. The van der Waals surface area contributed by atoms with Gasteiger partial charge in [-0.15, -0.1) is 0 Å². The van der Waals surface area contributed by atoms with Crippen molar-refractivity contribution in [3.8, 4) is 0 Å². The van der Waals surface area contributed by atoms with E-state index in [1.807, 2.05) is 0 Å². The molecular weight excluding hydrogens is 258 g/mol. The molecule has 0 spiro atoms. The lowest BCUT2D eigenvalue weighted by Gasteiger charge is -2.43. The molecule has 0 aromatic carbocycles. The van der Waals surface area contributed by atoms with Gasteiger partial charge in [-0.25, -0.2) is 0 Å². The molecule has 0 amide bonds. The molecule has 0 N–H and O–H groups in total. The fourth-order valence-electron chi connectivity index (χ4n) is 3.82. The lowest BCUT2D eigenvalue weighted by Crippen LogP contribution is -2.51. The minimum absolute atomic E-state index is 0.355. The predicted molar refractivity (Wildman–Crippen MR) is 91.8 cm³/mol. The van der Waals surface area contributed by atoms with Crippen molar-refractivity contribution in [2.24, 2.45) is 11.8 Å². The van der Waals surface area contributed by atoms with Gasteiger partial charge in [0, 0.05) is 44.8 Å². The van der Waals surface area contributed by atoms with E-state index in [1.165, 1.54) is 65.2 Å². The Kier molecular flexibility index (Phi) is 6.10. The quantitative estimate of drug-likeness (QED) is 0.789. The van der Waals surface area contributed by atoms with Gasteiger partial charge >= 0.3 is 0 Å². The van der Waals surface area contributed by atoms with Crippen LogP contribution in [0.25, 0.3) is 0 Å². The highest BCUT2D eigenvalue weighted by molar-refractivity contribution is 4.83. The van der Waals surface area contributed by atoms with Crippen molar-refractivity contribution in [1.82, 2.24) is 14.7 Å². The second kappa shape index (κ2) is 7.43. The maximum absolute atomic E-state index is 2.72. The number of rotatable bonds is 4. The zero-order chi connectivity index (χ0) is 15.5. The summed E-state index contributed by atoms with van der Waals surface area (Å²) in [6, 6.07) is 0. The van der Waals surface area contributed by atoms with Crippen LogP contribution >= 0.6 is 0 Å². The summed E-state index contributed by atoms with van der Waals surface area (Å²) in [5.74, 6) is 1.73. The zero-order valence-electron chi connectivity index (χ0n) is 15.1. The molecule has 0 aromatic heterocycles. The molecule has 2 aliphatic rings. The van der Waals surface area contributed by atoms with Gasteiger partial charge in [0.2, 0.25) is 0 Å². The van der Waals surface area contributed by atoms with Crippen LogP contribution in [0.4, 0.5) is 0 Å². The van der Waals surface area contributed by atoms with Crippen LogP contribution < -0.4 is 0 Å². The van der Waals surface area contributed by atoms with Crippen molar-refractivity contribution in [3.05, 3.63) is 0 Å². The molecule has 0 aromatic rings. The molecular formula is C18H37N3. The molecule has 2 saturated heterocycles. The van der Waals surface area contributed by atoms with Crippen LogP contribution in [0.3, 0.4) is 0 Å². The Morgan fingerprint density at radius 1 is 0.857 bits per heavy atom. The first-order valence-corrected chi connectivity index (χ1v) is 9.04. The first kappa shape index (κ1) is 17.2. The fraction of sp³-hybridized carbons (Fsp3) is 1.00. The van der Waals surface area contributed by atoms with E-state index in [1.54, 1.807) is 0 Å². The minimum Gasteiger partial charge on any atom is -0.301 e. The third-order valence-corrected chi connectivity index (χ3v) is 5.17. The van der Waals surface area contributed by atoms with Gasteiger partial charge in [0.05, 0.1) is 0 Å². The van der Waals surface area contributed by atoms with Crippen LogP contribution in [0.1, 0.15) is 47.5 Å². The third-order valence-electron chi connectivity index (χ3n) is 5.17. The van der Waals surface area contributed by atoms with Crippen LogP contribution in [0.5, 0.6) is 0 Å². The van der Waals surface area contributed by atoms with Crippen molar-refractivity contribution in [2.75, 3.05) is 52.4 Å². The van der Waals surface area contributed by atoms with Crippen molar-refractivity contribution in [2.45, 2.75) is 53.0 Å². The van der Waals surface area contributed by atoms with Gasteiger partial charge in [0.1, 0.15) is 0 Å². The molecule has 124 valence electrons. The van der Waals surface area contributed by atoms with E-state index in [2.05, 4.69) is 49.3 Å². The van der Waals surface area contributed by atoms with E-state index in [4.69, 9.17) is 0 Å². The van der Waals surface area contributed by atoms with Crippen LogP contribution in [-0.2, 0) is 0 Å². The largest absolute Gasteiger partial charge is 0.301 e. The van der Waals surface area contributed by atoms with E-state index in [9.17, 15) is 0 Å². The Labute approximate surface area is 132 Å². The highest BCUT2D eigenvalue weighted by Gasteiger charge is 2.28. The maximum Gasteiger partial charge on any atom is 0.0125 e. The van der Waals surface area contributed by atoms with E-state index in [0.29, 0.717) is 5.54 Å². The van der Waals surface area contributed by atoms with Gasteiger partial charge in [0.15, 0.2) is 0 Å². The average molecular weight is 296 g/mol. The topological polar surface area (TPSA) is 9.72 Å². The monoisotopic (exact) mass is 295 g/mol. The number of piperazine rings is 1. The Balaban J connectivity index is 1.66.